The van der Waals surface area contributed by atoms with Gasteiger partial charge in [-0.05, 0) is 73.7 Å². The normalized spacial score (nSPS) is 17.1. The smallest absolute Gasteiger partial charge is 0.376 e. The molecule has 8 heteroatoms. The first-order valence-corrected chi connectivity index (χ1v) is 15.1. The summed E-state index contributed by atoms with van der Waals surface area (Å²) in [7, 11) is -2.70. The largest absolute Gasteiger partial charge is 0.508 e. The predicted molar refractivity (Wildman–Crippen MR) is 140 cm³/mol. The fourth-order valence-electron chi connectivity index (χ4n) is 3.89. The Morgan fingerprint density at radius 2 is 1.88 bits per heavy atom. The van der Waals surface area contributed by atoms with Crippen molar-refractivity contribution in [1.29, 1.82) is 0 Å². The first-order chi connectivity index (χ1) is 15.9. The zero-order valence-corrected chi connectivity index (χ0v) is 22.5. The summed E-state index contributed by atoms with van der Waals surface area (Å²) in [5.74, 6) is 1.88. The fourth-order valence-corrected chi connectivity index (χ4v) is 5.22. The number of ether oxygens (including phenoxy) is 2. The highest BCUT2D eigenvalue weighted by Gasteiger charge is 2.40. The molecule has 2 aromatic rings. The molecule has 0 aromatic heterocycles. The molecule has 0 amide bonds. The van der Waals surface area contributed by atoms with Crippen LogP contribution in [0, 0.1) is 0 Å². The number of phenolic OH excluding ortho intramolecular Hbond substituents is 1. The molecule has 2 N–H and O–H groups in total. The third-order valence-corrected chi connectivity index (χ3v) is 11.5. The fraction of sp³-hybridized carbons (Fsp3) is 0.538. The molecular weight excluding hydrogens is 445 g/mol. The molecule has 0 aliphatic carbocycles. The van der Waals surface area contributed by atoms with Crippen molar-refractivity contribution in [2.45, 2.75) is 70.8 Å². The van der Waals surface area contributed by atoms with Crippen molar-refractivity contribution < 1.29 is 24.0 Å². The third-order valence-electron chi connectivity index (χ3n) is 6.92. The van der Waals surface area contributed by atoms with Crippen LogP contribution in [-0.2, 0) is 10.8 Å². The molecule has 0 fully saturated rings. The molecule has 2 aromatic carbocycles. The van der Waals surface area contributed by atoms with Crippen molar-refractivity contribution in [1.82, 2.24) is 4.81 Å². The summed E-state index contributed by atoms with van der Waals surface area (Å²) in [6, 6.07) is 15.0. The molecule has 0 bridgehead atoms. The Kier molecular flexibility index (Phi) is 8.73. The van der Waals surface area contributed by atoms with E-state index in [0.717, 1.165) is 29.9 Å². The zero-order chi connectivity index (χ0) is 24.9. The Balaban J connectivity index is 1.70. The summed E-state index contributed by atoms with van der Waals surface area (Å²) in [5.41, 5.74) is 1.02. The van der Waals surface area contributed by atoms with Gasteiger partial charge >= 0.3 is 7.05 Å². The second-order valence-corrected chi connectivity index (χ2v) is 15.5. The molecule has 0 unspecified atom stereocenters. The van der Waals surface area contributed by atoms with E-state index in [9.17, 15) is 10.1 Å². The lowest BCUT2D eigenvalue weighted by molar-refractivity contribution is 0.0756. The van der Waals surface area contributed by atoms with Crippen LogP contribution in [0.1, 0.15) is 32.8 Å². The van der Waals surface area contributed by atoms with E-state index in [1.165, 1.54) is 0 Å². The predicted octanol–water partition coefficient (Wildman–Crippen LogP) is 4.97. The Morgan fingerprint density at radius 3 is 2.53 bits per heavy atom. The quantitative estimate of drug-likeness (QED) is 0.463. The number of phenols is 1. The van der Waals surface area contributed by atoms with Crippen LogP contribution < -0.4 is 9.47 Å². The van der Waals surface area contributed by atoms with Gasteiger partial charge in [0.05, 0.1) is 6.10 Å². The van der Waals surface area contributed by atoms with Crippen molar-refractivity contribution in [3.05, 3.63) is 54.1 Å². The van der Waals surface area contributed by atoms with E-state index in [-0.39, 0.29) is 23.0 Å². The summed E-state index contributed by atoms with van der Waals surface area (Å²) < 4.78 is 19.1. The lowest BCUT2D eigenvalue weighted by atomic mass is 9.83. The molecule has 1 heterocycles. The minimum absolute atomic E-state index is 0.0461. The number of aryl methyl sites for hydroxylation is 1. The van der Waals surface area contributed by atoms with Crippen LogP contribution in [0.25, 0.3) is 0 Å². The summed E-state index contributed by atoms with van der Waals surface area (Å²) in [4.78, 5) is 2.02. The van der Waals surface area contributed by atoms with Crippen LogP contribution in [0.5, 0.6) is 17.2 Å². The Labute approximate surface area is 206 Å². The maximum Gasteiger partial charge on any atom is 0.376 e. The lowest BCUT2D eigenvalue weighted by Gasteiger charge is -2.41. The van der Waals surface area contributed by atoms with Crippen molar-refractivity contribution in [2.75, 3.05) is 19.7 Å². The number of hydrogen-bond acceptors (Lipinski definition) is 6. The van der Waals surface area contributed by atoms with Crippen LogP contribution in [0.15, 0.2) is 48.5 Å². The van der Waals surface area contributed by atoms with Crippen LogP contribution >= 0.6 is 0 Å². The second-order valence-electron chi connectivity index (χ2n) is 10.8. The van der Waals surface area contributed by atoms with Gasteiger partial charge in [0, 0.05) is 13.1 Å². The number of para-hydroxylation sites is 1. The standard InChI is InChI=1S/C26H40BNO5Si/c1-26(2,3)34(5,6)33-24(19-31-22-10-8-7-9-11-22)18-28(27(4)30)17-23-14-12-20-16-21(29)13-15-25(20)32-23/h7-11,13,15-16,23-24,29-30H,12,14,17-19H2,1-6H3/t23-,24+/m1/s1. The van der Waals surface area contributed by atoms with Crippen LogP contribution in [-0.4, -0.2) is 62.2 Å². The number of nitrogens with zero attached hydrogens (tertiary/aromatic N) is 1. The molecule has 1 aliphatic heterocycles. The third kappa shape index (κ3) is 7.25. The van der Waals surface area contributed by atoms with Gasteiger partial charge in [0.1, 0.15) is 30.0 Å². The molecule has 0 saturated carbocycles. The molecule has 0 saturated heterocycles. The van der Waals surface area contributed by atoms with Gasteiger partial charge in [-0.3, -0.25) is 0 Å². The minimum Gasteiger partial charge on any atom is -0.508 e. The van der Waals surface area contributed by atoms with Gasteiger partial charge in [-0.25, -0.2) is 0 Å². The van der Waals surface area contributed by atoms with E-state index >= 15 is 0 Å². The molecule has 6 nitrogen and oxygen atoms in total. The van der Waals surface area contributed by atoms with Crippen LogP contribution in [0.2, 0.25) is 25.0 Å². The molecule has 0 spiro atoms. The maximum atomic E-state index is 10.6. The monoisotopic (exact) mass is 485 g/mol. The van der Waals surface area contributed by atoms with Gasteiger partial charge in [0.15, 0.2) is 8.32 Å². The number of fused-ring (bicyclic) bond motifs is 1. The van der Waals surface area contributed by atoms with E-state index in [1.54, 1.807) is 19.0 Å². The first-order valence-electron chi connectivity index (χ1n) is 12.2. The van der Waals surface area contributed by atoms with Gasteiger partial charge in [-0.1, -0.05) is 39.0 Å². The van der Waals surface area contributed by atoms with E-state index in [1.807, 2.05) is 41.2 Å². The van der Waals surface area contributed by atoms with E-state index in [0.29, 0.717) is 19.7 Å². The van der Waals surface area contributed by atoms with Gasteiger partial charge in [-0.2, -0.15) is 0 Å². The Morgan fingerprint density at radius 1 is 1.18 bits per heavy atom. The van der Waals surface area contributed by atoms with Crippen molar-refractivity contribution in [3.63, 3.8) is 0 Å². The summed E-state index contributed by atoms with van der Waals surface area (Å²) in [6.07, 6.45) is 1.43. The van der Waals surface area contributed by atoms with Gasteiger partial charge < -0.3 is 28.8 Å². The van der Waals surface area contributed by atoms with Gasteiger partial charge in [0.2, 0.25) is 0 Å². The van der Waals surface area contributed by atoms with Gasteiger partial charge in [-0.15, -0.1) is 0 Å². The van der Waals surface area contributed by atoms with Crippen molar-refractivity contribution in [3.8, 4) is 17.2 Å². The number of aromatic hydroxyl groups is 1. The lowest BCUT2D eigenvalue weighted by Crippen LogP contribution is -2.53. The number of rotatable bonds is 10. The summed E-state index contributed by atoms with van der Waals surface area (Å²) >= 11 is 0. The average Bonchev–Trinajstić information content (AvgIpc) is 2.76. The molecule has 3 rings (SSSR count). The maximum absolute atomic E-state index is 10.6. The van der Waals surface area contributed by atoms with Crippen LogP contribution in [0.3, 0.4) is 0 Å². The highest BCUT2D eigenvalue weighted by Crippen LogP contribution is 2.37. The number of benzene rings is 2. The number of hydrogen-bond donors (Lipinski definition) is 2. The highest BCUT2D eigenvalue weighted by atomic mass is 28.4. The first kappa shape index (κ1) is 26.6. The van der Waals surface area contributed by atoms with E-state index in [4.69, 9.17) is 13.9 Å². The van der Waals surface area contributed by atoms with E-state index in [2.05, 4.69) is 33.9 Å². The molecule has 0 radical (unpaired) electrons. The van der Waals surface area contributed by atoms with Crippen molar-refractivity contribution >= 4 is 15.4 Å². The topological polar surface area (TPSA) is 71.4 Å². The van der Waals surface area contributed by atoms with Crippen molar-refractivity contribution in [2.24, 2.45) is 0 Å². The zero-order valence-electron chi connectivity index (χ0n) is 21.5. The molecule has 1 aliphatic rings. The molecular formula is C26H40BNO5Si. The minimum atomic E-state index is -2.06. The Bertz CT molecular complexity index is 919. The van der Waals surface area contributed by atoms with Gasteiger partial charge in [0.25, 0.3) is 0 Å². The summed E-state index contributed by atoms with van der Waals surface area (Å²) in [6.45, 7) is 14.5. The highest BCUT2D eigenvalue weighted by molar-refractivity contribution is 6.74. The second kappa shape index (κ2) is 11.2. The Hall–Kier alpha value is -2.00. The molecule has 186 valence electrons. The SMILES string of the molecule is CB(O)N(C[C@H]1CCc2cc(O)ccc2O1)C[C@@H](COc1ccccc1)O[Si](C)(C)C(C)(C)C. The summed E-state index contributed by atoms with van der Waals surface area (Å²) in [5, 5.41) is 20.4. The molecule has 34 heavy (non-hydrogen) atoms. The van der Waals surface area contributed by atoms with Crippen LogP contribution in [0.4, 0.5) is 0 Å². The molecule has 2 atom stereocenters. The van der Waals surface area contributed by atoms with E-state index < -0.39 is 15.4 Å². The average molecular weight is 486 g/mol.